The van der Waals surface area contributed by atoms with Crippen molar-refractivity contribution in [1.82, 2.24) is 5.32 Å². The van der Waals surface area contributed by atoms with Gasteiger partial charge in [-0.3, -0.25) is 0 Å². The van der Waals surface area contributed by atoms with Gasteiger partial charge in [-0.15, -0.1) is 11.3 Å². The molecular weight excluding hydrogens is 238 g/mol. The summed E-state index contributed by atoms with van der Waals surface area (Å²) in [7, 11) is 0. The minimum absolute atomic E-state index is 0.546. The lowest BCUT2D eigenvalue weighted by Gasteiger charge is -2.17. The van der Waals surface area contributed by atoms with Crippen LogP contribution in [0.2, 0.25) is 4.34 Å². The Morgan fingerprint density at radius 2 is 2.31 bits per heavy atom. The van der Waals surface area contributed by atoms with Crippen LogP contribution in [-0.4, -0.2) is 12.6 Å². The highest BCUT2D eigenvalue weighted by Crippen LogP contribution is 2.36. The molecule has 1 fully saturated rings. The van der Waals surface area contributed by atoms with E-state index >= 15 is 0 Å². The second-order valence-electron chi connectivity index (χ2n) is 5.51. The Hall–Kier alpha value is -0.0500. The highest BCUT2D eigenvalue weighted by atomic mass is 35.5. The van der Waals surface area contributed by atoms with Crippen molar-refractivity contribution in [3.05, 3.63) is 21.3 Å². The Bertz CT molecular complexity index is 345. The number of rotatable bonds is 4. The average molecular weight is 258 g/mol. The second-order valence-corrected chi connectivity index (χ2v) is 7.31. The topological polar surface area (TPSA) is 12.0 Å². The zero-order valence-corrected chi connectivity index (χ0v) is 11.6. The van der Waals surface area contributed by atoms with Crippen molar-refractivity contribution in [2.45, 2.75) is 45.6 Å². The van der Waals surface area contributed by atoms with E-state index in [1.165, 1.54) is 24.1 Å². The maximum Gasteiger partial charge on any atom is 0.0931 e. The van der Waals surface area contributed by atoms with Gasteiger partial charge in [0, 0.05) is 17.5 Å². The van der Waals surface area contributed by atoms with Crippen LogP contribution in [0, 0.1) is 5.41 Å². The second kappa shape index (κ2) is 5.07. The smallest absolute Gasteiger partial charge is 0.0931 e. The van der Waals surface area contributed by atoms with Crippen molar-refractivity contribution in [2.75, 3.05) is 6.54 Å². The summed E-state index contributed by atoms with van der Waals surface area (Å²) in [4.78, 5) is 1.38. The van der Waals surface area contributed by atoms with Crippen molar-refractivity contribution in [3.63, 3.8) is 0 Å². The molecule has 0 bridgehead atoms. The molecule has 1 heterocycles. The van der Waals surface area contributed by atoms with Crippen LogP contribution >= 0.6 is 22.9 Å². The van der Waals surface area contributed by atoms with Gasteiger partial charge in [-0.2, -0.15) is 0 Å². The van der Waals surface area contributed by atoms with Gasteiger partial charge in [0.1, 0.15) is 0 Å². The van der Waals surface area contributed by atoms with Gasteiger partial charge < -0.3 is 5.32 Å². The highest BCUT2D eigenvalue weighted by molar-refractivity contribution is 7.16. The van der Waals surface area contributed by atoms with E-state index in [1.807, 2.05) is 6.07 Å². The molecule has 0 saturated heterocycles. The van der Waals surface area contributed by atoms with Crippen LogP contribution in [0.25, 0.3) is 0 Å². The first-order chi connectivity index (χ1) is 7.55. The minimum Gasteiger partial charge on any atom is -0.314 e. The Morgan fingerprint density at radius 1 is 1.50 bits per heavy atom. The summed E-state index contributed by atoms with van der Waals surface area (Å²) in [6.45, 7) is 5.82. The Labute approximate surface area is 107 Å². The normalized spacial score (nSPS) is 23.8. The lowest BCUT2D eigenvalue weighted by Crippen LogP contribution is -2.29. The first-order valence-electron chi connectivity index (χ1n) is 6.03. The fourth-order valence-electron chi connectivity index (χ4n) is 2.50. The molecule has 0 aliphatic heterocycles. The number of halogens is 1. The van der Waals surface area contributed by atoms with E-state index < -0.39 is 0 Å². The van der Waals surface area contributed by atoms with Crippen LogP contribution in [-0.2, 0) is 6.42 Å². The predicted octanol–water partition coefficient (Wildman–Crippen LogP) is 4.11. The van der Waals surface area contributed by atoms with Gasteiger partial charge in [-0.1, -0.05) is 25.4 Å². The molecule has 2 rings (SSSR count). The van der Waals surface area contributed by atoms with Crippen molar-refractivity contribution in [1.29, 1.82) is 0 Å². The quantitative estimate of drug-likeness (QED) is 0.856. The fraction of sp³-hybridized carbons (Fsp3) is 0.692. The Kier molecular flexibility index (Phi) is 3.93. The summed E-state index contributed by atoms with van der Waals surface area (Å²) in [5.74, 6) is 0. The third kappa shape index (κ3) is 3.47. The summed E-state index contributed by atoms with van der Waals surface area (Å²) < 4.78 is 0.900. The molecule has 1 aromatic heterocycles. The van der Waals surface area contributed by atoms with Crippen molar-refractivity contribution >= 4 is 22.9 Å². The van der Waals surface area contributed by atoms with Gasteiger partial charge in [0.2, 0.25) is 0 Å². The van der Waals surface area contributed by atoms with E-state index in [-0.39, 0.29) is 0 Å². The molecule has 0 radical (unpaired) electrons. The summed E-state index contributed by atoms with van der Waals surface area (Å²) in [6, 6.07) is 4.85. The maximum atomic E-state index is 5.90. The molecule has 1 saturated carbocycles. The average Bonchev–Trinajstić information content (AvgIpc) is 2.73. The molecule has 90 valence electrons. The lowest BCUT2D eigenvalue weighted by molar-refractivity contribution is 0.365. The van der Waals surface area contributed by atoms with E-state index in [9.17, 15) is 0 Å². The molecule has 1 atom stereocenters. The number of hydrogen-bond donors (Lipinski definition) is 1. The molecule has 1 aliphatic rings. The number of hydrogen-bond acceptors (Lipinski definition) is 2. The standard InChI is InChI=1S/C13H20ClNS/c1-13(2)7-5-10(9-13)15-8-6-11-3-4-12(14)16-11/h3-4,10,15H,5-9H2,1-2H3. The summed E-state index contributed by atoms with van der Waals surface area (Å²) in [5.41, 5.74) is 0.546. The van der Waals surface area contributed by atoms with E-state index in [2.05, 4.69) is 25.2 Å². The lowest BCUT2D eigenvalue weighted by atomic mass is 9.92. The van der Waals surface area contributed by atoms with E-state index in [0.29, 0.717) is 5.41 Å². The molecule has 0 aromatic carbocycles. The van der Waals surface area contributed by atoms with Crippen molar-refractivity contribution in [2.24, 2.45) is 5.41 Å². The summed E-state index contributed by atoms with van der Waals surface area (Å²) >= 11 is 7.60. The molecule has 1 aliphatic carbocycles. The first-order valence-corrected chi connectivity index (χ1v) is 7.22. The number of nitrogens with one attached hydrogen (secondary N) is 1. The van der Waals surface area contributed by atoms with Crippen LogP contribution in [0.3, 0.4) is 0 Å². The van der Waals surface area contributed by atoms with Crippen molar-refractivity contribution in [3.8, 4) is 0 Å². The summed E-state index contributed by atoms with van der Waals surface area (Å²) in [5, 5.41) is 3.66. The van der Waals surface area contributed by atoms with E-state index in [1.54, 1.807) is 11.3 Å². The van der Waals surface area contributed by atoms with Gasteiger partial charge >= 0.3 is 0 Å². The van der Waals surface area contributed by atoms with Crippen LogP contribution in [0.1, 0.15) is 38.0 Å². The number of thiophene rings is 1. The predicted molar refractivity (Wildman–Crippen MR) is 72.5 cm³/mol. The zero-order chi connectivity index (χ0) is 11.6. The minimum atomic E-state index is 0.546. The molecule has 0 amide bonds. The van der Waals surface area contributed by atoms with Gasteiger partial charge in [0.15, 0.2) is 0 Å². The van der Waals surface area contributed by atoms with Crippen LogP contribution in [0.15, 0.2) is 12.1 Å². The van der Waals surface area contributed by atoms with Crippen molar-refractivity contribution < 1.29 is 0 Å². The zero-order valence-electron chi connectivity index (χ0n) is 10.1. The molecule has 16 heavy (non-hydrogen) atoms. The van der Waals surface area contributed by atoms with Gasteiger partial charge in [-0.25, -0.2) is 0 Å². The third-order valence-electron chi connectivity index (χ3n) is 3.40. The largest absolute Gasteiger partial charge is 0.314 e. The van der Waals surface area contributed by atoms with E-state index in [4.69, 9.17) is 11.6 Å². The fourth-order valence-corrected chi connectivity index (χ4v) is 3.58. The van der Waals surface area contributed by atoms with Gasteiger partial charge in [-0.05, 0) is 43.2 Å². The van der Waals surface area contributed by atoms with Crippen LogP contribution < -0.4 is 5.32 Å². The van der Waals surface area contributed by atoms with Gasteiger partial charge in [0.05, 0.1) is 4.34 Å². The van der Waals surface area contributed by atoms with E-state index in [0.717, 1.165) is 23.3 Å². The Morgan fingerprint density at radius 3 is 2.88 bits per heavy atom. The molecule has 1 aromatic rings. The first kappa shape index (κ1) is 12.4. The van der Waals surface area contributed by atoms with Crippen LogP contribution in [0.4, 0.5) is 0 Å². The summed E-state index contributed by atoms with van der Waals surface area (Å²) in [6.07, 6.45) is 5.11. The molecule has 3 heteroatoms. The monoisotopic (exact) mass is 257 g/mol. The third-order valence-corrected chi connectivity index (χ3v) is 4.69. The SMILES string of the molecule is CC1(C)CCC(NCCc2ccc(Cl)s2)C1. The van der Waals surface area contributed by atoms with Gasteiger partial charge in [0.25, 0.3) is 0 Å². The maximum absolute atomic E-state index is 5.90. The molecular formula is C13H20ClNS. The Balaban J connectivity index is 1.69. The molecule has 0 spiro atoms. The van der Waals surface area contributed by atoms with Crippen LogP contribution in [0.5, 0.6) is 0 Å². The molecule has 1 unspecified atom stereocenters. The highest BCUT2D eigenvalue weighted by Gasteiger charge is 2.30. The molecule has 1 nitrogen and oxygen atoms in total. The molecule has 1 N–H and O–H groups in total.